The minimum Gasteiger partial charge on any atom is -0.262 e. The van der Waals surface area contributed by atoms with E-state index < -0.39 is 0 Å². The number of benzene rings is 1. The van der Waals surface area contributed by atoms with Gasteiger partial charge in [0.1, 0.15) is 6.34 Å². The van der Waals surface area contributed by atoms with Crippen LogP contribution < -0.4 is 10.6 Å². The molecule has 2 rings (SSSR count). The average molecular weight is 176 g/mol. The quantitative estimate of drug-likeness (QED) is 0.573. The summed E-state index contributed by atoms with van der Waals surface area (Å²) in [6, 6.07) is 8.05. The SMILES string of the molecule is C1=N/CS/C=c2/cccc/c2=N\1. The van der Waals surface area contributed by atoms with Crippen LogP contribution in [0.25, 0.3) is 5.41 Å². The second kappa shape index (κ2) is 3.54. The lowest BCUT2D eigenvalue weighted by Gasteiger charge is -1.92. The molecule has 1 aromatic carbocycles. The Morgan fingerprint density at radius 1 is 1.25 bits per heavy atom. The fraction of sp³-hybridized carbons (Fsp3) is 0.111. The van der Waals surface area contributed by atoms with Crippen molar-refractivity contribution in [2.45, 2.75) is 0 Å². The van der Waals surface area contributed by atoms with E-state index in [-0.39, 0.29) is 0 Å². The molecular formula is C9H8N2S. The van der Waals surface area contributed by atoms with Gasteiger partial charge in [0.05, 0.1) is 11.2 Å². The molecule has 0 spiro atoms. The van der Waals surface area contributed by atoms with E-state index in [9.17, 15) is 0 Å². The molecule has 0 N–H and O–H groups in total. The van der Waals surface area contributed by atoms with Crippen molar-refractivity contribution < 1.29 is 0 Å². The van der Waals surface area contributed by atoms with Crippen molar-refractivity contribution in [1.82, 2.24) is 0 Å². The summed E-state index contributed by atoms with van der Waals surface area (Å²) in [4.78, 5) is 8.28. The Bertz CT molecular complexity index is 409. The van der Waals surface area contributed by atoms with Crippen molar-refractivity contribution in [3.8, 4) is 0 Å². The summed E-state index contributed by atoms with van der Waals surface area (Å²) in [7, 11) is 0. The maximum absolute atomic E-state index is 4.21. The molecule has 0 fully saturated rings. The maximum atomic E-state index is 4.21. The molecule has 0 aromatic heterocycles. The van der Waals surface area contributed by atoms with Crippen molar-refractivity contribution in [3.63, 3.8) is 0 Å². The second-order valence-corrected chi connectivity index (χ2v) is 3.23. The van der Waals surface area contributed by atoms with Crippen LogP contribution in [0.15, 0.2) is 34.3 Å². The molecule has 2 nitrogen and oxygen atoms in total. The van der Waals surface area contributed by atoms with E-state index in [0.29, 0.717) is 0 Å². The zero-order valence-corrected chi connectivity index (χ0v) is 7.29. The van der Waals surface area contributed by atoms with E-state index in [1.165, 1.54) is 5.22 Å². The summed E-state index contributed by atoms with van der Waals surface area (Å²) in [5.74, 6) is 0.762. The number of hydrogen-bond acceptors (Lipinski definition) is 3. The number of fused-ring (bicyclic) bond motifs is 1. The summed E-state index contributed by atoms with van der Waals surface area (Å²) in [5.41, 5.74) is 0. The number of rotatable bonds is 0. The minimum atomic E-state index is 0.762. The van der Waals surface area contributed by atoms with Gasteiger partial charge in [-0.3, -0.25) is 4.99 Å². The highest BCUT2D eigenvalue weighted by Crippen LogP contribution is 2.00. The zero-order chi connectivity index (χ0) is 8.23. The number of aliphatic imine (C=N–C) groups is 1. The van der Waals surface area contributed by atoms with Crippen LogP contribution in [0, 0.1) is 0 Å². The molecule has 0 amide bonds. The van der Waals surface area contributed by atoms with Gasteiger partial charge < -0.3 is 0 Å². The molecule has 12 heavy (non-hydrogen) atoms. The number of nitrogens with zero attached hydrogens (tertiary/aromatic N) is 2. The summed E-state index contributed by atoms with van der Waals surface area (Å²) in [6.45, 7) is 0. The first-order valence-corrected chi connectivity index (χ1v) is 4.75. The highest BCUT2D eigenvalue weighted by molar-refractivity contribution is 8.06. The molecular weight excluding hydrogens is 168 g/mol. The van der Waals surface area contributed by atoms with Gasteiger partial charge in [-0.25, -0.2) is 4.99 Å². The standard InChI is InChI=1S/C9H8N2S/c1-2-4-9-8(3-1)5-12-7-10-6-11-9/h1-6H,7H2/b8-5-,10-6-,11-9+. The van der Waals surface area contributed by atoms with E-state index in [2.05, 4.69) is 21.5 Å². The first-order chi connectivity index (χ1) is 5.97. The highest BCUT2D eigenvalue weighted by atomic mass is 32.2. The first kappa shape index (κ1) is 7.55. The molecule has 0 saturated carbocycles. The fourth-order valence-electron chi connectivity index (χ4n) is 1.01. The summed E-state index contributed by atoms with van der Waals surface area (Å²) >= 11 is 1.69. The van der Waals surface area contributed by atoms with E-state index in [0.717, 1.165) is 11.2 Å². The van der Waals surface area contributed by atoms with Crippen LogP contribution >= 0.6 is 11.8 Å². The molecule has 0 unspecified atom stereocenters. The van der Waals surface area contributed by atoms with Gasteiger partial charge in [-0.15, -0.1) is 11.8 Å². The average Bonchev–Trinajstić information content (AvgIpc) is 2.06. The smallest absolute Gasteiger partial charge is 0.111 e. The largest absolute Gasteiger partial charge is 0.262 e. The Morgan fingerprint density at radius 2 is 2.17 bits per heavy atom. The van der Waals surface area contributed by atoms with Gasteiger partial charge >= 0.3 is 0 Å². The van der Waals surface area contributed by atoms with Crippen LogP contribution in [-0.4, -0.2) is 12.2 Å². The maximum Gasteiger partial charge on any atom is 0.111 e. The molecule has 0 radical (unpaired) electrons. The second-order valence-electron chi connectivity index (χ2n) is 2.40. The topological polar surface area (TPSA) is 24.7 Å². The Kier molecular flexibility index (Phi) is 2.23. The van der Waals surface area contributed by atoms with Crippen LogP contribution in [0.5, 0.6) is 0 Å². The van der Waals surface area contributed by atoms with Crippen LogP contribution in [0.2, 0.25) is 0 Å². The van der Waals surface area contributed by atoms with E-state index in [1.54, 1.807) is 18.1 Å². The van der Waals surface area contributed by atoms with Gasteiger partial charge in [0.15, 0.2) is 0 Å². The molecule has 0 bridgehead atoms. The number of para-hydroxylation sites is 1. The van der Waals surface area contributed by atoms with Crippen molar-refractivity contribution in [1.29, 1.82) is 0 Å². The van der Waals surface area contributed by atoms with Crippen LogP contribution in [0.4, 0.5) is 0 Å². The molecule has 0 aliphatic carbocycles. The van der Waals surface area contributed by atoms with E-state index >= 15 is 0 Å². The van der Waals surface area contributed by atoms with Crippen molar-refractivity contribution in [2.75, 3.05) is 5.88 Å². The number of hydrogen-bond donors (Lipinski definition) is 0. The Balaban J connectivity index is 2.71. The molecule has 1 aliphatic heterocycles. The van der Waals surface area contributed by atoms with Gasteiger partial charge in [0.25, 0.3) is 0 Å². The number of thioether (sulfide) groups is 1. The van der Waals surface area contributed by atoms with Gasteiger partial charge in [-0.1, -0.05) is 18.2 Å². The van der Waals surface area contributed by atoms with Gasteiger partial charge in [0.2, 0.25) is 0 Å². The lowest BCUT2D eigenvalue weighted by Crippen LogP contribution is -2.24. The normalized spacial score (nSPS) is 23.3. The Morgan fingerprint density at radius 3 is 3.17 bits per heavy atom. The predicted molar refractivity (Wildman–Crippen MR) is 52.6 cm³/mol. The molecule has 0 saturated heterocycles. The molecule has 3 heteroatoms. The van der Waals surface area contributed by atoms with Gasteiger partial charge in [-0.2, -0.15) is 0 Å². The third kappa shape index (κ3) is 1.56. The van der Waals surface area contributed by atoms with Crippen LogP contribution in [0.1, 0.15) is 0 Å². The summed E-state index contributed by atoms with van der Waals surface area (Å²) in [5, 5.41) is 4.26. The Labute approximate surface area is 74.7 Å². The van der Waals surface area contributed by atoms with Crippen LogP contribution in [-0.2, 0) is 0 Å². The molecule has 1 heterocycles. The molecule has 1 aliphatic rings. The zero-order valence-electron chi connectivity index (χ0n) is 6.47. The first-order valence-electron chi connectivity index (χ1n) is 3.70. The van der Waals surface area contributed by atoms with Crippen molar-refractivity contribution in [3.05, 3.63) is 34.8 Å². The van der Waals surface area contributed by atoms with E-state index in [1.807, 2.05) is 18.2 Å². The fourth-order valence-corrected chi connectivity index (χ4v) is 1.62. The summed E-state index contributed by atoms with van der Waals surface area (Å²) in [6.07, 6.45) is 1.62. The van der Waals surface area contributed by atoms with E-state index in [4.69, 9.17) is 0 Å². The highest BCUT2D eigenvalue weighted by Gasteiger charge is 1.87. The molecule has 60 valence electrons. The van der Waals surface area contributed by atoms with Crippen LogP contribution in [0.3, 0.4) is 0 Å². The third-order valence-electron chi connectivity index (χ3n) is 1.57. The molecule has 1 aromatic rings. The summed E-state index contributed by atoms with van der Waals surface area (Å²) < 4.78 is 0. The third-order valence-corrected chi connectivity index (χ3v) is 2.29. The monoisotopic (exact) mass is 176 g/mol. The minimum absolute atomic E-state index is 0.762. The lowest BCUT2D eigenvalue weighted by molar-refractivity contribution is 1.32. The molecule has 0 atom stereocenters. The van der Waals surface area contributed by atoms with Gasteiger partial charge in [0, 0.05) is 5.22 Å². The predicted octanol–water partition coefficient (Wildman–Crippen LogP) is 0.777. The lowest BCUT2D eigenvalue weighted by atomic mass is 10.3. The van der Waals surface area contributed by atoms with Crippen molar-refractivity contribution in [2.24, 2.45) is 9.98 Å². The Hall–Kier alpha value is -1.09. The van der Waals surface area contributed by atoms with Crippen molar-refractivity contribution >= 4 is 23.5 Å². The van der Waals surface area contributed by atoms with Gasteiger partial charge in [-0.05, 0) is 11.5 Å².